The highest BCUT2D eigenvalue weighted by Crippen LogP contribution is 2.63. The van der Waals surface area contributed by atoms with E-state index in [9.17, 15) is 9.13 Å². The van der Waals surface area contributed by atoms with E-state index in [4.69, 9.17) is 18.1 Å². The molecule has 0 unspecified atom stereocenters. The molecule has 1 N–H and O–H groups in total. The van der Waals surface area contributed by atoms with E-state index in [-0.39, 0.29) is 32.3 Å². The molecule has 0 amide bonds. The lowest BCUT2D eigenvalue weighted by atomic mass is 10.9. The van der Waals surface area contributed by atoms with Crippen molar-refractivity contribution in [1.29, 1.82) is 0 Å². The Morgan fingerprint density at radius 1 is 0.700 bits per heavy atom. The zero-order chi connectivity index (χ0) is 16.1. The van der Waals surface area contributed by atoms with Crippen LogP contribution in [0.15, 0.2) is 0 Å². The fourth-order valence-electron chi connectivity index (χ4n) is 1.24. The summed E-state index contributed by atoms with van der Waals surface area (Å²) in [6.45, 7) is 7.64. The van der Waals surface area contributed by atoms with E-state index in [1.165, 1.54) is 0 Å². The molecule has 0 aliphatic rings. The monoisotopic (exact) mass is 333 g/mol. The first-order valence-electron chi connectivity index (χ1n) is 6.71. The van der Waals surface area contributed by atoms with Crippen LogP contribution >= 0.6 is 15.2 Å². The molecule has 0 saturated heterocycles. The van der Waals surface area contributed by atoms with Crippen LogP contribution in [-0.2, 0) is 27.2 Å². The van der Waals surface area contributed by atoms with E-state index < -0.39 is 15.2 Å². The van der Waals surface area contributed by atoms with Crippen molar-refractivity contribution in [3.8, 4) is 0 Å². The minimum absolute atomic E-state index is 0.218. The molecule has 20 heavy (non-hydrogen) atoms. The second-order valence-electron chi connectivity index (χ2n) is 3.53. The zero-order valence-electron chi connectivity index (χ0n) is 13.4. The summed E-state index contributed by atoms with van der Waals surface area (Å²) in [7, 11) is -3.08. The van der Waals surface area contributed by atoms with E-state index in [2.05, 4.69) is 5.32 Å². The standard InChI is InChI=1S/C9H22O6P2.C2H7N/c1-5-12-16(10,13-6-2)9-17(11,14-7-3)15-8-4;1-3-2/h5-9H2,1-4H3;3H,1-2H3. The molecule has 124 valence electrons. The average Bonchev–Trinajstić information content (AvgIpc) is 2.30. The van der Waals surface area contributed by atoms with Crippen LogP contribution in [-0.4, -0.2) is 46.4 Å². The Morgan fingerprint density at radius 3 is 1.05 bits per heavy atom. The van der Waals surface area contributed by atoms with Crippen LogP contribution in [0.4, 0.5) is 0 Å². The fraction of sp³-hybridized carbons (Fsp3) is 1.00. The Morgan fingerprint density at radius 2 is 0.900 bits per heavy atom. The van der Waals surface area contributed by atoms with Gasteiger partial charge in [0.15, 0.2) is 5.90 Å². The lowest BCUT2D eigenvalue weighted by molar-refractivity contribution is 0.206. The molecule has 0 heterocycles. The van der Waals surface area contributed by atoms with Gasteiger partial charge in [-0.05, 0) is 41.8 Å². The van der Waals surface area contributed by atoms with Gasteiger partial charge in [-0.15, -0.1) is 0 Å². The molecule has 0 spiro atoms. The minimum atomic E-state index is -3.41. The number of rotatable bonds is 10. The first-order chi connectivity index (χ1) is 9.36. The first kappa shape index (κ1) is 22.5. The molecule has 0 fully saturated rings. The molecule has 0 bridgehead atoms. The van der Waals surface area contributed by atoms with Gasteiger partial charge in [-0.1, -0.05) is 0 Å². The van der Waals surface area contributed by atoms with Crippen molar-refractivity contribution in [2.24, 2.45) is 0 Å². The van der Waals surface area contributed by atoms with Crippen LogP contribution in [0.1, 0.15) is 27.7 Å². The maximum Gasteiger partial charge on any atom is 0.342 e. The van der Waals surface area contributed by atoms with Crippen molar-refractivity contribution < 1.29 is 27.2 Å². The van der Waals surface area contributed by atoms with Crippen molar-refractivity contribution in [2.45, 2.75) is 27.7 Å². The van der Waals surface area contributed by atoms with Gasteiger partial charge in [0.2, 0.25) is 0 Å². The molecule has 0 aromatic rings. The van der Waals surface area contributed by atoms with Gasteiger partial charge < -0.3 is 23.4 Å². The van der Waals surface area contributed by atoms with Crippen LogP contribution in [0.3, 0.4) is 0 Å². The molecule has 0 atom stereocenters. The minimum Gasteiger partial charge on any atom is -0.323 e. The molecule has 9 heteroatoms. The van der Waals surface area contributed by atoms with E-state index in [0.717, 1.165) is 0 Å². The highest BCUT2D eigenvalue weighted by molar-refractivity contribution is 7.71. The summed E-state index contributed by atoms with van der Waals surface area (Å²) in [5.74, 6) is -0.344. The third-order valence-electron chi connectivity index (χ3n) is 1.65. The van der Waals surface area contributed by atoms with Gasteiger partial charge in [0.1, 0.15) is 0 Å². The quantitative estimate of drug-likeness (QED) is 0.614. The molecule has 0 saturated carbocycles. The smallest absolute Gasteiger partial charge is 0.323 e. The van der Waals surface area contributed by atoms with Crippen molar-refractivity contribution in [3.63, 3.8) is 0 Å². The molecule has 0 aliphatic heterocycles. The van der Waals surface area contributed by atoms with Crippen LogP contribution in [0.25, 0.3) is 0 Å². The lowest BCUT2D eigenvalue weighted by Gasteiger charge is -2.22. The maximum atomic E-state index is 12.2. The van der Waals surface area contributed by atoms with Crippen molar-refractivity contribution in [1.82, 2.24) is 5.32 Å². The van der Waals surface area contributed by atoms with Gasteiger partial charge in [0.05, 0.1) is 26.4 Å². The van der Waals surface area contributed by atoms with Crippen molar-refractivity contribution in [3.05, 3.63) is 0 Å². The summed E-state index contributed by atoms with van der Waals surface area (Å²) in [5.41, 5.74) is 0. The summed E-state index contributed by atoms with van der Waals surface area (Å²) in [6, 6.07) is 0. The molecule has 0 rings (SSSR count). The zero-order valence-corrected chi connectivity index (χ0v) is 15.2. The predicted octanol–water partition coefficient (Wildman–Crippen LogP) is 3.31. The predicted molar refractivity (Wildman–Crippen MR) is 81.6 cm³/mol. The topological polar surface area (TPSA) is 83.1 Å². The van der Waals surface area contributed by atoms with Crippen molar-refractivity contribution >= 4 is 15.2 Å². The highest BCUT2D eigenvalue weighted by Gasteiger charge is 2.37. The van der Waals surface area contributed by atoms with Crippen LogP contribution in [0, 0.1) is 0 Å². The lowest BCUT2D eigenvalue weighted by Crippen LogP contribution is -2.05. The molecule has 0 aromatic heterocycles. The van der Waals surface area contributed by atoms with E-state index in [1.807, 2.05) is 14.1 Å². The van der Waals surface area contributed by atoms with Crippen LogP contribution < -0.4 is 5.32 Å². The molecule has 0 aliphatic carbocycles. The number of nitrogens with one attached hydrogen (secondary N) is 1. The molecule has 0 radical (unpaired) electrons. The van der Waals surface area contributed by atoms with E-state index >= 15 is 0 Å². The second kappa shape index (κ2) is 13.0. The average molecular weight is 333 g/mol. The third kappa shape index (κ3) is 11.0. The molecule has 0 aromatic carbocycles. The van der Waals surface area contributed by atoms with Gasteiger partial charge in [-0.2, -0.15) is 0 Å². The number of hydrogen-bond donors (Lipinski definition) is 1. The van der Waals surface area contributed by atoms with Crippen LogP contribution in [0.2, 0.25) is 0 Å². The Bertz CT molecular complexity index is 265. The Balaban J connectivity index is 0. The summed E-state index contributed by atoms with van der Waals surface area (Å²) in [6.07, 6.45) is 0. The first-order valence-corrected chi connectivity index (χ1v) is 10.2. The summed E-state index contributed by atoms with van der Waals surface area (Å²) < 4.78 is 44.6. The molecular weight excluding hydrogens is 304 g/mol. The second-order valence-corrected chi connectivity index (χ2v) is 8.14. The van der Waals surface area contributed by atoms with Gasteiger partial charge >= 0.3 is 15.2 Å². The Hall–Kier alpha value is 0.260. The summed E-state index contributed by atoms with van der Waals surface area (Å²) >= 11 is 0. The van der Waals surface area contributed by atoms with Gasteiger partial charge in [-0.25, -0.2) is 0 Å². The molecule has 7 nitrogen and oxygen atoms in total. The maximum absolute atomic E-state index is 12.2. The fourth-order valence-corrected chi connectivity index (χ4v) is 5.96. The summed E-state index contributed by atoms with van der Waals surface area (Å²) in [4.78, 5) is 0. The van der Waals surface area contributed by atoms with E-state index in [1.54, 1.807) is 27.7 Å². The summed E-state index contributed by atoms with van der Waals surface area (Å²) in [5, 5.41) is 2.75. The largest absolute Gasteiger partial charge is 0.342 e. The van der Waals surface area contributed by atoms with Gasteiger partial charge in [0.25, 0.3) is 0 Å². The highest BCUT2D eigenvalue weighted by atomic mass is 31.2. The Labute approximate surface area is 122 Å². The normalized spacial score (nSPS) is 11.9. The molecular formula is C11H29NO6P2. The Kier molecular flexibility index (Phi) is 14.6. The number of hydrogen-bond acceptors (Lipinski definition) is 7. The SMILES string of the molecule is CCOP(=O)(CP(=O)(OCC)OCC)OCC.CNC. The van der Waals surface area contributed by atoms with E-state index in [0.29, 0.717) is 0 Å². The van der Waals surface area contributed by atoms with Crippen LogP contribution in [0.5, 0.6) is 0 Å². The van der Waals surface area contributed by atoms with Gasteiger partial charge in [-0.3, -0.25) is 9.13 Å². The third-order valence-corrected chi connectivity index (χ3v) is 7.03. The van der Waals surface area contributed by atoms with Gasteiger partial charge in [0, 0.05) is 0 Å². The van der Waals surface area contributed by atoms with Crippen molar-refractivity contribution in [2.75, 3.05) is 46.4 Å².